The lowest BCUT2D eigenvalue weighted by Gasteiger charge is -2.12. The van der Waals surface area contributed by atoms with Gasteiger partial charge in [0.2, 0.25) is 0 Å². The van der Waals surface area contributed by atoms with E-state index in [0.29, 0.717) is 17.9 Å². The highest BCUT2D eigenvalue weighted by Gasteiger charge is 2.09. The molecule has 0 aromatic carbocycles. The van der Waals surface area contributed by atoms with Gasteiger partial charge in [0.25, 0.3) is 0 Å². The molecule has 0 saturated heterocycles. The summed E-state index contributed by atoms with van der Waals surface area (Å²) in [7, 11) is 1.91. The molecule has 3 heteroatoms. The lowest BCUT2D eigenvalue weighted by Crippen LogP contribution is -2.09. The number of nitrogens with one attached hydrogen (secondary N) is 1. The molecule has 0 amide bonds. The van der Waals surface area contributed by atoms with Crippen molar-refractivity contribution in [1.82, 2.24) is 5.32 Å². The molecule has 0 fully saturated rings. The quantitative estimate of drug-likeness (QED) is 0.367. The van der Waals surface area contributed by atoms with Crippen LogP contribution in [-0.2, 0) is 0 Å². The maximum Gasteiger partial charge on any atom is 0.139 e. The molecule has 2 unspecified atom stereocenters. The first-order chi connectivity index (χ1) is 8.01. The third-order valence-electron chi connectivity index (χ3n) is 2.59. The van der Waals surface area contributed by atoms with Gasteiger partial charge in [-0.15, -0.1) is 0 Å². The van der Waals surface area contributed by atoms with Gasteiger partial charge in [-0.25, -0.2) is 8.78 Å². The van der Waals surface area contributed by atoms with Crippen molar-refractivity contribution in [2.45, 2.75) is 32.4 Å². The fourth-order valence-electron chi connectivity index (χ4n) is 1.57. The Labute approximate surface area is 103 Å². The molecule has 17 heavy (non-hydrogen) atoms. The Morgan fingerprint density at radius 1 is 1.47 bits per heavy atom. The summed E-state index contributed by atoms with van der Waals surface area (Å²) in [6.07, 6.45) is 3.16. The molecule has 0 aromatic heterocycles. The maximum atomic E-state index is 13.4. The number of halogens is 2. The van der Waals surface area contributed by atoms with E-state index < -0.39 is 12.0 Å². The van der Waals surface area contributed by atoms with Gasteiger partial charge in [0.1, 0.15) is 12.0 Å². The molecule has 98 valence electrons. The summed E-state index contributed by atoms with van der Waals surface area (Å²) < 4.78 is 26.3. The Morgan fingerprint density at radius 2 is 2.12 bits per heavy atom. The molecule has 1 N–H and O–H groups in total. The van der Waals surface area contributed by atoms with Gasteiger partial charge < -0.3 is 5.32 Å². The second-order valence-corrected chi connectivity index (χ2v) is 4.35. The number of hydrogen-bond donors (Lipinski definition) is 1. The van der Waals surface area contributed by atoms with E-state index in [9.17, 15) is 8.78 Å². The fourth-order valence-corrected chi connectivity index (χ4v) is 1.57. The molecular weight excluding hydrogens is 220 g/mol. The molecule has 2 atom stereocenters. The Kier molecular flexibility index (Phi) is 8.60. The Balaban J connectivity index is 4.06. The zero-order chi connectivity index (χ0) is 13.3. The monoisotopic (exact) mass is 243 g/mol. The second kappa shape index (κ2) is 9.11. The Bertz CT molecular complexity index is 271. The molecule has 0 aliphatic carbocycles. The van der Waals surface area contributed by atoms with Crippen LogP contribution < -0.4 is 5.32 Å². The number of allylic oxidation sites excluding steroid dienone is 4. The molecule has 1 nitrogen and oxygen atoms in total. The molecule has 0 spiro atoms. The highest BCUT2D eigenvalue weighted by Crippen LogP contribution is 2.22. The standard InChI is InChI=1S/C14H23F2N/c1-5-13(15)10-14(16)12(3)9-11(2)7-6-8-17-4/h5,10-11,13,17H,1,3,6-9H2,2,4H3. The first-order valence-corrected chi connectivity index (χ1v) is 5.98. The van der Waals surface area contributed by atoms with Crippen molar-refractivity contribution in [3.63, 3.8) is 0 Å². The van der Waals surface area contributed by atoms with Crippen LogP contribution in [-0.4, -0.2) is 19.8 Å². The van der Waals surface area contributed by atoms with Crippen LogP contribution in [0.2, 0.25) is 0 Å². The van der Waals surface area contributed by atoms with Gasteiger partial charge in [-0.05, 0) is 50.4 Å². The molecule has 0 aliphatic rings. The summed E-state index contributed by atoms with van der Waals surface area (Å²) in [6.45, 7) is 9.92. The predicted molar refractivity (Wildman–Crippen MR) is 70.4 cm³/mol. The molecule has 0 saturated carbocycles. The third-order valence-corrected chi connectivity index (χ3v) is 2.59. The van der Waals surface area contributed by atoms with Crippen molar-refractivity contribution in [3.8, 4) is 0 Å². The van der Waals surface area contributed by atoms with Crippen LogP contribution in [0, 0.1) is 5.92 Å². The summed E-state index contributed by atoms with van der Waals surface area (Å²) in [5.41, 5.74) is 0.367. The topological polar surface area (TPSA) is 12.0 Å². The molecule has 0 radical (unpaired) electrons. The average Bonchev–Trinajstić information content (AvgIpc) is 2.28. The van der Waals surface area contributed by atoms with Crippen molar-refractivity contribution in [3.05, 3.63) is 36.7 Å². The summed E-state index contributed by atoms with van der Waals surface area (Å²) >= 11 is 0. The van der Waals surface area contributed by atoms with Gasteiger partial charge in [-0.3, -0.25) is 0 Å². The molecule has 0 aromatic rings. The van der Waals surface area contributed by atoms with Crippen LogP contribution in [0.15, 0.2) is 36.7 Å². The van der Waals surface area contributed by atoms with Gasteiger partial charge in [0, 0.05) is 0 Å². The van der Waals surface area contributed by atoms with E-state index in [0.717, 1.165) is 31.5 Å². The van der Waals surface area contributed by atoms with Gasteiger partial charge >= 0.3 is 0 Å². The molecule has 0 bridgehead atoms. The lowest BCUT2D eigenvalue weighted by atomic mass is 9.96. The van der Waals surface area contributed by atoms with E-state index in [1.807, 2.05) is 7.05 Å². The largest absolute Gasteiger partial charge is 0.320 e. The van der Waals surface area contributed by atoms with Crippen LogP contribution in [0.4, 0.5) is 8.78 Å². The predicted octanol–water partition coefficient (Wildman–Crippen LogP) is 3.95. The summed E-state index contributed by atoms with van der Waals surface area (Å²) in [5.74, 6) is -0.199. The average molecular weight is 243 g/mol. The Morgan fingerprint density at radius 3 is 2.65 bits per heavy atom. The van der Waals surface area contributed by atoms with E-state index in [2.05, 4.69) is 25.4 Å². The first kappa shape index (κ1) is 16.0. The number of hydrogen-bond acceptors (Lipinski definition) is 1. The zero-order valence-corrected chi connectivity index (χ0v) is 10.8. The van der Waals surface area contributed by atoms with Crippen molar-refractivity contribution < 1.29 is 8.78 Å². The normalized spacial score (nSPS) is 15.4. The first-order valence-electron chi connectivity index (χ1n) is 5.98. The summed E-state index contributed by atoms with van der Waals surface area (Å²) in [6, 6.07) is 0. The highest BCUT2D eigenvalue weighted by molar-refractivity contribution is 5.24. The van der Waals surface area contributed by atoms with Gasteiger partial charge in [0.15, 0.2) is 0 Å². The van der Waals surface area contributed by atoms with Crippen molar-refractivity contribution in [2.75, 3.05) is 13.6 Å². The van der Waals surface area contributed by atoms with Crippen LogP contribution in [0.1, 0.15) is 26.2 Å². The molecule has 0 rings (SSSR count). The van der Waals surface area contributed by atoms with Crippen molar-refractivity contribution in [2.24, 2.45) is 5.92 Å². The summed E-state index contributed by atoms with van der Waals surface area (Å²) in [4.78, 5) is 0. The van der Waals surface area contributed by atoms with E-state index >= 15 is 0 Å². The van der Waals surface area contributed by atoms with E-state index in [1.165, 1.54) is 0 Å². The minimum Gasteiger partial charge on any atom is -0.320 e. The van der Waals surface area contributed by atoms with E-state index in [1.54, 1.807) is 0 Å². The second-order valence-electron chi connectivity index (χ2n) is 4.35. The fraction of sp³-hybridized carbons (Fsp3) is 0.571. The molecule has 0 heterocycles. The van der Waals surface area contributed by atoms with Gasteiger partial charge in [-0.1, -0.05) is 26.2 Å². The van der Waals surface area contributed by atoms with Crippen LogP contribution in [0.25, 0.3) is 0 Å². The van der Waals surface area contributed by atoms with Crippen molar-refractivity contribution in [1.29, 1.82) is 0 Å². The lowest BCUT2D eigenvalue weighted by molar-refractivity contribution is 0.454. The highest BCUT2D eigenvalue weighted by atomic mass is 19.1. The minimum absolute atomic E-state index is 0.358. The third kappa shape index (κ3) is 7.86. The van der Waals surface area contributed by atoms with Crippen LogP contribution in [0.5, 0.6) is 0 Å². The number of alkyl halides is 1. The zero-order valence-electron chi connectivity index (χ0n) is 10.8. The SMILES string of the molecule is C=CC(F)C=C(F)C(=C)CC(C)CCCNC. The smallest absolute Gasteiger partial charge is 0.139 e. The van der Waals surface area contributed by atoms with Gasteiger partial charge in [-0.2, -0.15) is 0 Å². The van der Waals surface area contributed by atoms with Gasteiger partial charge in [0.05, 0.1) is 0 Å². The maximum absolute atomic E-state index is 13.4. The Hall–Kier alpha value is -0.960. The molecule has 0 aliphatic heterocycles. The number of rotatable bonds is 9. The van der Waals surface area contributed by atoms with Crippen molar-refractivity contribution >= 4 is 0 Å². The minimum atomic E-state index is -1.44. The molecular formula is C14H23F2N. The van der Waals surface area contributed by atoms with Crippen LogP contribution in [0.3, 0.4) is 0 Å². The van der Waals surface area contributed by atoms with E-state index in [4.69, 9.17) is 0 Å². The van der Waals surface area contributed by atoms with Crippen LogP contribution >= 0.6 is 0 Å². The van der Waals surface area contributed by atoms with E-state index in [-0.39, 0.29) is 0 Å². The summed E-state index contributed by atoms with van der Waals surface area (Å²) in [5, 5.41) is 3.06.